The van der Waals surface area contributed by atoms with Gasteiger partial charge in [0.2, 0.25) is 0 Å². The van der Waals surface area contributed by atoms with E-state index in [0.717, 1.165) is 12.3 Å². The topological polar surface area (TPSA) is 30.7 Å². The van der Waals surface area contributed by atoms with Gasteiger partial charge in [0.15, 0.2) is 0 Å². The summed E-state index contributed by atoms with van der Waals surface area (Å²) in [5, 5.41) is 8.42. The molecule has 0 saturated carbocycles. The maximum Gasteiger partial charge on any atom is 0.0859 e. The van der Waals surface area contributed by atoms with Crippen molar-refractivity contribution >= 4 is 0 Å². The lowest BCUT2D eigenvalue weighted by Crippen LogP contribution is -2.10. The average Bonchev–Trinajstić information content (AvgIpc) is 2.58. The van der Waals surface area contributed by atoms with E-state index in [2.05, 4.69) is 17.2 Å². The normalized spacial score (nSPS) is 21.2. The van der Waals surface area contributed by atoms with Crippen molar-refractivity contribution in [3.05, 3.63) is 11.4 Å². The van der Waals surface area contributed by atoms with E-state index in [9.17, 15) is 0 Å². The number of unbranched alkanes of at least 4 members (excludes halogenated alkanes) is 1. The lowest BCUT2D eigenvalue weighted by molar-refractivity contribution is 0.385. The van der Waals surface area contributed by atoms with Gasteiger partial charge in [-0.15, -0.1) is 5.10 Å². The van der Waals surface area contributed by atoms with Crippen molar-refractivity contribution < 1.29 is 0 Å². The predicted molar refractivity (Wildman–Crippen MR) is 65.3 cm³/mol. The number of fused-ring (bicyclic) bond motifs is 1. The van der Waals surface area contributed by atoms with Gasteiger partial charge in [-0.3, -0.25) is 4.68 Å². The Kier molecular flexibility index (Phi) is 3.97. The van der Waals surface area contributed by atoms with E-state index < -0.39 is 0 Å². The van der Waals surface area contributed by atoms with Gasteiger partial charge in [-0.2, -0.15) is 0 Å². The van der Waals surface area contributed by atoms with Crippen LogP contribution in [0.5, 0.6) is 0 Å². The summed E-state index contributed by atoms with van der Waals surface area (Å²) >= 11 is 0. The first kappa shape index (κ1) is 11.6. The zero-order valence-electron chi connectivity index (χ0n) is 10.6. The van der Waals surface area contributed by atoms with Crippen LogP contribution in [0.3, 0.4) is 0 Å². The summed E-state index contributed by atoms with van der Waals surface area (Å²) < 4.78 is 1.96. The van der Waals surface area contributed by atoms with Crippen molar-refractivity contribution in [2.24, 2.45) is 13.0 Å². The first-order valence-electron chi connectivity index (χ1n) is 6.68. The number of hydrogen-bond donors (Lipinski definition) is 0. The highest BCUT2D eigenvalue weighted by molar-refractivity contribution is 5.11. The molecule has 3 heteroatoms. The molecule has 0 N–H and O–H groups in total. The summed E-state index contributed by atoms with van der Waals surface area (Å²) in [6.07, 6.45) is 10.4. The highest BCUT2D eigenvalue weighted by Crippen LogP contribution is 2.25. The summed E-state index contributed by atoms with van der Waals surface area (Å²) in [5.74, 6) is 0.926. The third-order valence-corrected chi connectivity index (χ3v) is 3.80. The maximum atomic E-state index is 4.29. The Morgan fingerprint density at radius 3 is 3.00 bits per heavy atom. The van der Waals surface area contributed by atoms with Crippen LogP contribution in [0.4, 0.5) is 0 Å². The molecule has 0 saturated heterocycles. The van der Waals surface area contributed by atoms with Gasteiger partial charge >= 0.3 is 0 Å². The largest absolute Gasteiger partial charge is 0.252 e. The Labute approximate surface area is 98.2 Å². The van der Waals surface area contributed by atoms with Crippen LogP contribution in [0.25, 0.3) is 0 Å². The summed E-state index contributed by atoms with van der Waals surface area (Å²) in [5.41, 5.74) is 2.62. The summed E-state index contributed by atoms with van der Waals surface area (Å²) in [7, 11) is 2.02. The molecular formula is C13H23N3. The predicted octanol–water partition coefficient (Wildman–Crippen LogP) is 2.89. The highest BCUT2D eigenvalue weighted by atomic mass is 15.4. The molecule has 3 nitrogen and oxygen atoms in total. The molecule has 0 aliphatic heterocycles. The van der Waals surface area contributed by atoms with E-state index in [1.54, 1.807) is 0 Å². The van der Waals surface area contributed by atoms with Gasteiger partial charge in [0, 0.05) is 7.05 Å². The molecule has 0 fully saturated rings. The second-order valence-corrected chi connectivity index (χ2v) is 5.05. The molecule has 1 aromatic rings. The van der Waals surface area contributed by atoms with E-state index >= 15 is 0 Å². The van der Waals surface area contributed by atoms with Crippen LogP contribution < -0.4 is 0 Å². The SMILES string of the molecule is CCCCC1CCCc2c(nnn2C)CC1. The van der Waals surface area contributed by atoms with E-state index in [4.69, 9.17) is 0 Å². The molecule has 90 valence electrons. The number of aryl methyl sites for hydroxylation is 2. The van der Waals surface area contributed by atoms with E-state index in [0.29, 0.717) is 0 Å². The quantitative estimate of drug-likeness (QED) is 0.785. The third-order valence-electron chi connectivity index (χ3n) is 3.80. The minimum absolute atomic E-state index is 0.926. The Balaban J connectivity index is 1.97. The zero-order chi connectivity index (χ0) is 11.4. The lowest BCUT2D eigenvalue weighted by atomic mass is 9.88. The molecule has 1 unspecified atom stereocenters. The van der Waals surface area contributed by atoms with E-state index in [1.807, 2.05) is 11.7 Å². The van der Waals surface area contributed by atoms with Gasteiger partial charge in [-0.1, -0.05) is 37.8 Å². The Morgan fingerprint density at radius 1 is 1.31 bits per heavy atom. The standard InChI is InChI=1S/C13H23N3/c1-3-4-6-11-7-5-8-13-12(10-9-11)14-15-16(13)2/h11H,3-10H2,1-2H3. The Bertz CT molecular complexity index is 330. The molecule has 0 bridgehead atoms. The van der Waals surface area contributed by atoms with Crippen molar-refractivity contribution in [1.29, 1.82) is 0 Å². The molecule has 0 radical (unpaired) electrons. The Hall–Kier alpha value is -0.860. The van der Waals surface area contributed by atoms with Gasteiger partial charge in [-0.25, -0.2) is 0 Å². The lowest BCUT2D eigenvalue weighted by Gasteiger charge is -2.19. The Morgan fingerprint density at radius 2 is 2.19 bits per heavy atom. The van der Waals surface area contributed by atoms with Gasteiger partial charge < -0.3 is 0 Å². The second kappa shape index (κ2) is 5.46. The van der Waals surface area contributed by atoms with Crippen LogP contribution in [0.15, 0.2) is 0 Å². The summed E-state index contributed by atoms with van der Waals surface area (Å²) in [6.45, 7) is 2.28. The molecule has 2 rings (SSSR count). The second-order valence-electron chi connectivity index (χ2n) is 5.05. The van der Waals surface area contributed by atoms with Crippen LogP contribution >= 0.6 is 0 Å². The van der Waals surface area contributed by atoms with Crippen LogP contribution in [-0.2, 0) is 19.9 Å². The molecule has 1 atom stereocenters. The number of aromatic nitrogens is 3. The average molecular weight is 221 g/mol. The fourth-order valence-corrected chi connectivity index (χ4v) is 2.74. The van der Waals surface area contributed by atoms with Gasteiger partial charge in [0.05, 0.1) is 11.4 Å². The fourth-order valence-electron chi connectivity index (χ4n) is 2.74. The van der Waals surface area contributed by atoms with Gasteiger partial charge in [-0.05, 0) is 31.6 Å². The van der Waals surface area contributed by atoms with Crippen molar-refractivity contribution in [2.45, 2.75) is 58.3 Å². The molecule has 1 aromatic heterocycles. The molecule has 0 amide bonds. The number of hydrogen-bond acceptors (Lipinski definition) is 2. The van der Waals surface area contributed by atoms with Gasteiger partial charge in [0.1, 0.15) is 0 Å². The highest BCUT2D eigenvalue weighted by Gasteiger charge is 2.17. The van der Waals surface area contributed by atoms with E-state index in [-0.39, 0.29) is 0 Å². The van der Waals surface area contributed by atoms with Gasteiger partial charge in [0.25, 0.3) is 0 Å². The number of rotatable bonds is 3. The zero-order valence-corrected chi connectivity index (χ0v) is 10.6. The minimum Gasteiger partial charge on any atom is -0.252 e. The van der Waals surface area contributed by atoms with Crippen molar-refractivity contribution in [2.75, 3.05) is 0 Å². The molecule has 1 aliphatic rings. The molecule has 0 spiro atoms. The van der Waals surface area contributed by atoms with Crippen LogP contribution in [0, 0.1) is 5.92 Å². The first-order valence-corrected chi connectivity index (χ1v) is 6.68. The fraction of sp³-hybridized carbons (Fsp3) is 0.846. The first-order chi connectivity index (χ1) is 7.81. The smallest absolute Gasteiger partial charge is 0.0859 e. The van der Waals surface area contributed by atoms with Crippen LogP contribution in [0.1, 0.15) is 56.8 Å². The van der Waals surface area contributed by atoms with Crippen molar-refractivity contribution in [3.8, 4) is 0 Å². The molecular weight excluding hydrogens is 198 g/mol. The monoisotopic (exact) mass is 221 g/mol. The van der Waals surface area contributed by atoms with Crippen LogP contribution in [0.2, 0.25) is 0 Å². The van der Waals surface area contributed by atoms with E-state index in [1.165, 1.54) is 56.3 Å². The molecule has 1 aliphatic carbocycles. The third kappa shape index (κ3) is 2.63. The summed E-state index contributed by atoms with van der Waals surface area (Å²) in [6, 6.07) is 0. The molecule has 0 aromatic carbocycles. The summed E-state index contributed by atoms with van der Waals surface area (Å²) in [4.78, 5) is 0. The van der Waals surface area contributed by atoms with Crippen molar-refractivity contribution in [3.63, 3.8) is 0 Å². The maximum absolute atomic E-state index is 4.29. The molecule has 1 heterocycles. The van der Waals surface area contributed by atoms with Crippen molar-refractivity contribution in [1.82, 2.24) is 15.0 Å². The number of nitrogens with zero attached hydrogens (tertiary/aromatic N) is 3. The molecule has 16 heavy (non-hydrogen) atoms. The minimum atomic E-state index is 0.926. The van der Waals surface area contributed by atoms with Crippen LogP contribution in [-0.4, -0.2) is 15.0 Å².